The second-order valence-electron chi connectivity index (χ2n) is 7.31. The third-order valence-electron chi connectivity index (χ3n) is 4.17. The van der Waals surface area contributed by atoms with E-state index >= 15 is 0 Å². The van der Waals surface area contributed by atoms with Crippen molar-refractivity contribution in [2.45, 2.75) is 58.2 Å². The van der Waals surface area contributed by atoms with Crippen molar-refractivity contribution in [3.05, 3.63) is 18.0 Å². The molecule has 6 nitrogen and oxygen atoms in total. The quantitative estimate of drug-likeness (QED) is 0.836. The van der Waals surface area contributed by atoms with Crippen molar-refractivity contribution in [1.82, 2.24) is 14.7 Å². The highest BCUT2D eigenvalue weighted by atomic mass is 16.6. The summed E-state index contributed by atoms with van der Waals surface area (Å²) in [5.74, 6) is 0. The maximum atomic E-state index is 12.2. The van der Waals surface area contributed by atoms with Crippen LogP contribution in [0.3, 0.4) is 0 Å². The molecule has 0 radical (unpaired) electrons. The molecule has 1 aromatic rings. The zero-order chi connectivity index (χ0) is 17.1. The Bertz CT molecular complexity index is 535. The summed E-state index contributed by atoms with van der Waals surface area (Å²) in [4.78, 5) is 14.0. The standard InChI is InChI=1S/C17H29N3O3/c1-6-17(22-10-7-14-11-18-19(5)12-14)8-9-20(13-17)15(21)23-16(2,3)4/h11-12H,6-10,13H2,1-5H3. The topological polar surface area (TPSA) is 56.6 Å². The first kappa shape index (κ1) is 17.8. The van der Waals surface area contributed by atoms with Gasteiger partial charge in [0.15, 0.2) is 0 Å². The average molecular weight is 323 g/mol. The number of hydrogen-bond donors (Lipinski definition) is 0. The first-order valence-electron chi connectivity index (χ1n) is 8.32. The average Bonchev–Trinajstić information content (AvgIpc) is 3.05. The van der Waals surface area contributed by atoms with Gasteiger partial charge in [0.25, 0.3) is 0 Å². The predicted molar refractivity (Wildman–Crippen MR) is 88.3 cm³/mol. The Morgan fingerprint density at radius 1 is 1.43 bits per heavy atom. The van der Waals surface area contributed by atoms with E-state index in [0.29, 0.717) is 19.7 Å². The molecule has 0 spiro atoms. The number of hydrogen-bond acceptors (Lipinski definition) is 4. The highest BCUT2D eigenvalue weighted by Gasteiger charge is 2.40. The lowest BCUT2D eigenvalue weighted by atomic mass is 10.00. The van der Waals surface area contributed by atoms with Crippen LogP contribution < -0.4 is 0 Å². The summed E-state index contributed by atoms with van der Waals surface area (Å²) < 4.78 is 13.4. The van der Waals surface area contributed by atoms with Gasteiger partial charge in [-0.05, 0) is 45.6 Å². The van der Waals surface area contributed by atoms with Gasteiger partial charge >= 0.3 is 6.09 Å². The summed E-state index contributed by atoms with van der Waals surface area (Å²) in [6.07, 6.45) is 6.20. The van der Waals surface area contributed by atoms with Crippen LogP contribution in [0.2, 0.25) is 0 Å². The molecule has 130 valence electrons. The minimum Gasteiger partial charge on any atom is -0.444 e. The van der Waals surface area contributed by atoms with Gasteiger partial charge < -0.3 is 14.4 Å². The van der Waals surface area contributed by atoms with Gasteiger partial charge in [-0.3, -0.25) is 4.68 Å². The highest BCUT2D eigenvalue weighted by Crippen LogP contribution is 2.30. The molecule has 1 aliphatic rings. The fraction of sp³-hybridized carbons (Fsp3) is 0.765. The Labute approximate surface area is 138 Å². The highest BCUT2D eigenvalue weighted by molar-refractivity contribution is 5.68. The summed E-state index contributed by atoms with van der Waals surface area (Å²) >= 11 is 0. The van der Waals surface area contributed by atoms with Crippen LogP contribution in [0.4, 0.5) is 4.79 Å². The number of aryl methyl sites for hydroxylation is 1. The van der Waals surface area contributed by atoms with Gasteiger partial charge in [-0.1, -0.05) is 6.92 Å². The molecule has 1 amide bonds. The second kappa shape index (κ2) is 6.91. The number of carbonyl (C=O) groups excluding carboxylic acids is 1. The number of amides is 1. The molecule has 1 aromatic heterocycles. The van der Waals surface area contributed by atoms with Crippen LogP contribution in [0.15, 0.2) is 12.4 Å². The molecule has 1 saturated heterocycles. The fourth-order valence-electron chi connectivity index (χ4n) is 2.82. The Morgan fingerprint density at radius 2 is 2.17 bits per heavy atom. The van der Waals surface area contributed by atoms with Crippen molar-refractivity contribution >= 4 is 6.09 Å². The Morgan fingerprint density at radius 3 is 2.74 bits per heavy atom. The van der Waals surface area contributed by atoms with Crippen molar-refractivity contribution in [2.24, 2.45) is 7.05 Å². The third kappa shape index (κ3) is 4.96. The number of nitrogens with zero attached hydrogens (tertiary/aromatic N) is 3. The lowest BCUT2D eigenvalue weighted by Gasteiger charge is -2.29. The van der Waals surface area contributed by atoms with Crippen LogP contribution in [0.1, 0.15) is 46.1 Å². The summed E-state index contributed by atoms with van der Waals surface area (Å²) in [5, 5.41) is 4.17. The number of rotatable bonds is 5. The molecule has 1 fully saturated rings. The molecule has 0 aromatic carbocycles. The van der Waals surface area contributed by atoms with Crippen molar-refractivity contribution in [1.29, 1.82) is 0 Å². The first-order valence-corrected chi connectivity index (χ1v) is 8.32. The normalized spacial score (nSPS) is 21.7. The van der Waals surface area contributed by atoms with E-state index in [1.54, 1.807) is 9.58 Å². The zero-order valence-electron chi connectivity index (χ0n) is 15.0. The van der Waals surface area contributed by atoms with Crippen molar-refractivity contribution < 1.29 is 14.3 Å². The van der Waals surface area contributed by atoms with E-state index in [-0.39, 0.29) is 11.7 Å². The lowest BCUT2D eigenvalue weighted by molar-refractivity contribution is -0.0411. The second-order valence-corrected chi connectivity index (χ2v) is 7.31. The zero-order valence-corrected chi connectivity index (χ0v) is 15.0. The molecule has 1 atom stereocenters. The smallest absolute Gasteiger partial charge is 0.410 e. The van der Waals surface area contributed by atoms with E-state index in [0.717, 1.165) is 19.3 Å². The van der Waals surface area contributed by atoms with Crippen LogP contribution in [0.5, 0.6) is 0 Å². The molecule has 2 heterocycles. The molecule has 0 aliphatic carbocycles. The summed E-state index contributed by atoms with van der Waals surface area (Å²) in [6, 6.07) is 0. The third-order valence-corrected chi connectivity index (χ3v) is 4.17. The first-order chi connectivity index (χ1) is 10.7. The molecule has 2 rings (SSSR count). The van der Waals surface area contributed by atoms with Gasteiger partial charge in [0, 0.05) is 19.8 Å². The van der Waals surface area contributed by atoms with Crippen LogP contribution in [0.25, 0.3) is 0 Å². The van der Waals surface area contributed by atoms with Gasteiger partial charge in [-0.15, -0.1) is 0 Å². The minimum absolute atomic E-state index is 0.247. The minimum atomic E-state index is -0.463. The van der Waals surface area contributed by atoms with E-state index in [2.05, 4.69) is 12.0 Å². The summed E-state index contributed by atoms with van der Waals surface area (Å²) in [5.41, 5.74) is 0.454. The maximum absolute atomic E-state index is 12.2. The van der Waals surface area contributed by atoms with Gasteiger partial charge in [-0.2, -0.15) is 5.10 Å². The predicted octanol–water partition coefficient (Wildman–Crippen LogP) is 2.77. The molecular weight excluding hydrogens is 294 g/mol. The molecule has 0 N–H and O–H groups in total. The lowest BCUT2D eigenvalue weighted by Crippen LogP contribution is -2.40. The van der Waals surface area contributed by atoms with Gasteiger partial charge in [0.05, 0.1) is 24.9 Å². The van der Waals surface area contributed by atoms with Crippen LogP contribution in [0, 0.1) is 0 Å². The van der Waals surface area contributed by atoms with E-state index in [1.807, 2.05) is 40.2 Å². The summed E-state index contributed by atoms with van der Waals surface area (Å²) in [6.45, 7) is 9.71. The molecule has 1 aliphatic heterocycles. The van der Waals surface area contributed by atoms with E-state index in [9.17, 15) is 4.79 Å². The largest absolute Gasteiger partial charge is 0.444 e. The number of carbonyl (C=O) groups is 1. The molecule has 0 saturated carbocycles. The van der Waals surface area contributed by atoms with Crippen LogP contribution >= 0.6 is 0 Å². The van der Waals surface area contributed by atoms with E-state index in [1.165, 1.54) is 5.56 Å². The van der Waals surface area contributed by atoms with Crippen molar-refractivity contribution in [2.75, 3.05) is 19.7 Å². The Balaban J connectivity index is 1.85. The maximum Gasteiger partial charge on any atom is 0.410 e. The van der Waals surface area contributed by atoms with E-state index < -0.39 is 5.60 Å². The van der Waals surface area contributed by atoms with Crippen LogP contribution in [-0.4, -0.2) is 51.7 Å². The molecule has 6 heteroatoms. The number of aromatic nitrogens is 2. The Kier molecular flexibility index (Phi) is 5.34. The van der Waals surface area contributed by atoms with Crippen molar-refractivity contribution in [3.63, 3.8) is 0 Å². The van der Waals surface area contributed by atoms with E-state index in [4.69, 9.17) is 9.47 Å². The van der Waals surface area contributed by atoms with Crippen molar-refractivity contribution in [3.8, 4) is 0 Å². The van der Waals surface area contributed by atoms with Crippen LogP contribution in [-0.2, 0) is 22.9 Å². The molecule has 23 heavy (non-hydrogen) atoms. The number of ether oxygens (including phenoxy) is 2. The summed E-state index contributed by atoms with van der Waals surface area (Å²) in [7, 11) is 1.91. The molecule has 1 unspecified atom stereocenters. The SMILES string of the molecule is CCC1(OCCc2cnn(C)c2)CCN(C(=O)OC(C)(C)C)C1. The molecule has 0 bridgehead atoms. The van der Waals surface area contributed by atoms with Gasteiger partial charge in [0.1, 0.15) is 5.60 Å². The molecular formula is C17H29N3O3. The van der Waals surface area contributed by atoms with Gasteiger partial charge in [0.2, 0.25) is 0 Å². The van der Waals surface area contributed by atoms with Gasteiger partial charge in [-0.25, -0.2) is 4.79 Å². The monoisotopic (exact) mass is 323 g/mol. The number of likely N-dealkylation sites (tertiary alicyclic amines) is 1. The Hall–Kier alpha value is -1.56. The fourth-order valence-corrected chi connectivity index (χ4v) is 2.82.